The molecular formula is C45H52N10O6. The molecule has 4 amide bonds. The number of ether oxygens (including phenoxy) is 2. The van der Waals surface area contributed by atoms with E-state index in [0.717, 1.165) is 78.6 Å². The SMILES string of the molecule is Cc1c(N2CCc3cnc(Nc4ccc(C(=O)N5CCN(C6CN(c7ccc(C8CCC(=O)NC8=O)cc7)C6)CC5)cc4)nc3C2)cnc2c1N(C(=O)OC(C)(C)C)CCO2. The van der Waals surface area contributed by atoms with Gasteiger partial charge in [0, 0.05) is 87.0 Å². The number of piperazine rings is 1. The zero-order valence-electron chi connectivity index (χ0n) is 35.1. The number of fused-ring (bicyclic) bond motifs is 2. The molecule has 3 fully saturated rings. The largest absolute Gasteiger partial charge is 0.474 e. The lowest BCUT2D eigenvalue weighted by Gasteiger charge is -2.49. The minimum absolute atomic E-state index is 0.0235. The lowest BCUT2D eigenvalue weighted by Crippen LogP contribution is -2.63. The van der Waals surface area contributed by atoms with Gasteiger partial charge in [0.1, 0.15) is 17.9 Å². The highest BCUT2D eigenvalue weighted by Gasteiger charge is 2.36. The average molecular weight is 829 g/mol. The van der Waals surface area contributed by atoms with Gasteiger partial charge in [0.15, 0.2) is 0 Å². The average Bonchev–Trinajstić information content (AvgIpc) is 3.23. The number of imide groups is 1. The minimum Gasteiger partial charge on any atom is -0.474 e. The molecule has 0 saturated carbocycles. The van der Waals surface area contributed by atoms with Crippen molar-refractivity contribution in [2.24, 2.45) is 0 Å². The summed E-state index contributed by atoms with van der Waals surface area (Å²) in [7, 11) is 0. The van der Waals surface area contributed by atoms with Crippen molar-refractivity contribution in [1.82, 2.24) is 30.1 Å². The molecule has 61 heavy (non-hydrogen) atoms. The molecule has 0 radical (unpaired) electrons. The number of nitrogens with one attached hydrogen (secondary N) is 2. The van der Waals surface area contributed by atoms with Crippen LogP contribution in [0.2, 0.25) is 0 Å². The summed E-state index contributed by atoms with van der Waals surface area (Å²) in [4.78, 5) is 75.2. The maximum absolute atomic E-state index is 13.5. The van der Waals surface area contributed by atoms with Gasteiger partial charge in [-0.3, -0.25) is 29.5 Å². The molecule has 3 saturated heterocycles. The van der Waals surface area contributed by atoms with Gasteiger partial charge in [-0.25, -0.2) is 19.7 Å². The maximum Gasteiger partial charge on any atom is 0.415 e. The molecule has 5 aliphatic rings. The van der Waals surface area contributed by atoms with Crippen LogP contribution in [-0.4, -0.2) is 119 Å². The van der Waals surface area contributed by atoms with Crippen molar-refractivity contribution in [2.45, 2.75) is 71.1 Å². The topological polar surface area (TPSA) is 166 Å². The van der Waals surface area contributed by atoms with E-state index in [1.54, 1.807) is 11.1 Å². The second-order valence-corrected chi connectivity index (χ2v) is 17.4. The fourth-order valence-corrected chi connectivity index (χ4v) is 8.84. The Bertz CT molecular complexity index is 2340. The normalized spacial score (nSPS) is 19.6. The summed E-state index contributed by atoms with van der Waals surface area (Å²) in [5.41, 5.74) is 7.28. The Morgan fingerprint density at radius 3 is 2.36 bits per heavy atom. The summed E-state index contributed by atoms with van der Waals surface area (Å²) >= 11 is 0. The molecular weight excluding hydrogens is 777 g/mol. The molecule has 9 rings (SSSR count). The molecule has 1 atom stereocenters. The molecule has 16 heteroatoms. The summed E-state index contributed by atoms with van der Waals surface area (Å²) < 4.78 is 11.6. The van der Waals surface area contributed by atoms with E-state index in [0.29, 0.717) is 74.7 Å². The van der Waals surface area contributed by atoms with Crippen molar-refractivity contribution in [3.8, 4) is 5.88 Å². The van der Waals surface area contributed by atoms with Crippen molar-refractivity contribution >= 4 is 52.5 Å². The molecule has 318 valence electrons. The predicted octanol–water partition coefficient (Wildman–Crippen LogP) is 4.79. The van der Waals surface area contributed by atoms with Crippen LogP contribution < -0.4 is 30.1 Å². The van der Waals surface area contributed by atoms with Crippen LogP contribution in [0.25, 0.3) is 0 Å². The highest BCUT2D eigenvalue weighted by Crippen LogP contribution is 2.40. The molecule has 2 aromatic carbocycles. The summed E-state index contributed by atoms with van der Waals surface area (Å²) in [5.74, 6) is 0.232. The van der Waals surface area contributed by atoms with E-state index in [1.807, 2.05) is 75.2 Å². The van der Waals surface area contributed by atoms with E-state index in [2.05, 4.69) is 47.4 Å². The summed E-state index contributed by atoms with van der Waals surface area (Å²) in [6.45, 7) is 14.4. The van der Waals surface area contributed by atoms with Crippen LogP contribution >= 0.6 is 0 Å². The first kappa shape index (κ1) is 40.1. The number of nitrogens with zero attached hydrogens (tertiary/aromatic N) is 8. The van der Waals surface area contributed by atoms with E-state index >= 15 is 0 Å². The zero-order chi connectivity index (χ0) is 42.4. The van der Waals surface area contributed by atoms with Crippen molar-refractivity contribution in [3.63, 3.8) is 0 Å². The van der Waals surface area contributed by atoms with Crippen molar-refractivity contribution < 1.29 is 28.7 Å². The molecule has 5 aliphatic heterocycles. The molecule has 4 aromatic rings. The van der Waals surface area contributed by atoms with Crippen molar-refractivity contribution in [2.75, 3.05) is 79.0 Å². The molecule has 0 spiro atoms. The monoisotopic (exact) mass is 828 g/mol. The van der Waals surface area contributed by atoms with Gasteiger partial charge in [-0.1, -0.05) is 12.1 Å². The maximum atomic E-state index is 13.5. The summed E-state index contributed by atoms with van der Waals surface area (Å²) in [6.07, 6.45) is 4.94. The molecule has 1 unspecified atom stereocenters. The van der Waals surface area contributed by atoms with Crippen LogP contribution in [0.5, 0.6) is 5.88 Å². The number of pyridine rings is 1. The zero-order valence-corrected chi connectivity index (χ0v) is 35.1. The van der Waals surface area contributed by atoms with E-state index in [-0.39, 0.29) is 23.6 Å². The second-order valence-electron chi connectivity index (χ2n) is 17.4. The minimum atomic E-state index is -0.630. The first-order valence-electron chi connectivity index (χ1n) is 21.2. The number of piperidine rings is 1. The Morgan fingerprint density at radius 2 is 1.64 bits per heavy atom. The van der Waals surface area contributed by atoms with Crippen LogP contribution in [0.15, 0.2) is 60.9 Å². The van der Waals surface area contributed by atoms with Crippen molar-refractivity contribution in [1.29, 1.82) is 0 Å². The Kier molecular flexibility index (Phi) is 10.7. The fraction of sp³-hybridized carbons (Fsp3) is 0.444. The predicted molar refractivity (Wildman–Crippen MR) is 230 cm³/mol. The number of benzene rings is 2. The number of aromatic nitrogens is 3. The quantitative estimate of drug-likeness (QED) is 0.245. The van der Waals surface area contributed by atoms with Crippen LogP contribution in [0.1, 0.15) is 72.3 Å². The van der Waals surface area contributed by atoms with Crippen LogP contribution in [-0.2, 0) is 27.3 Å². The van der Waals surface area contributed by atoms with Crippen LogP contribution in [0, 0.1) is 6.92 Å². The van der Waals surface area contributed by atoms with Gasteiger partial charge < -0.3 is 29.5 Å². The van der Waals surface area contributed by atoms with Gasteiger partial charge in [-0.05, 0) is 88.1 Å². The number of rotatable bonds is 7. The number of carbonyl (C=O) groups is 4. The molecule has 2 N–H and O–H groups in total. The van der Waals surface area contributed by atoms with E-state index < -0.39 is 11.7 Å². The Balaban J connectivity index is 0.767. The Hall–Kier alpha value is -6.29. The van der Waals surface area contributed by atoms with Gasteiger partial charge in [0.2, 0.25) is 23.6 Å². The summed E-state index contributed by atoms with van der Waals surface area (Å²) in [5, 5.41) is 5.77. The molecule has 0 bridgehead atoms. The highest BCUT2D eigenvalue weighted by molar-refractivity contribution is 6.01. The van der Waals surface area contributed by atoms with Gasteiger partial charge >= 0.3 is 6.09 Å². The number of anilines is 5. The molecule has 0 aliphatic carbocycles. The van der Waals surface area contributed by atoms with Gasteiger partial charge in [-0.15, -0.1) is 0 Å². The van der Waals surface area contributed by atoms with E-state index in [9.17, 15) is 19.2 Å². The fourth-order valence-electron chi connectivity index (χ4n) is 8.84. The Labute approximate surface area is 355 Å². The Morgan fingerprint density at radius 1 is 0.885 bits per heavy atom. The standard InChI is InChI=1S/C45H52N10O6/c1-28-37(24-46-41-39(28)55(21-22-60-41)44(59)61-45(2,3)4)53-16-15-31-23-47-43(49-36(31)27-53)48-32-9-5-30(6-10-32)42(58)52-19-17-51(18-20-52)34-25-54(26-34)33-11-7-29(8-12-33)35-13-14-38(56)50-40(35)57/h5-12,23-24,34-35H,13-22,25-27H2,1-4H3,(H,47,48,49)(H,50,56,57). The third-order valence-electron chi connectivity index (χ3n) is 12.2. The van der Waals surface area contributed by atoms with Crippen LogP contribution in [0.4, 0.5) is 33.5 Å². The van der Waals surface area contributed by atoms with Gasteiger partial charge in [0.25, 0.3) is 5.91 Å². The lowest BCUT2D eigenvalue weighted by molar-refractivity contribution is -0.134. The number of hydrogen-bond donors (Lipinski definition) is 2. The van der Waals surface area contributed by atoms with Gasteiger partial charge in [-0.2, -0.15) is 0 Å². The first-order valence-corrected chi connectivity index (χ1v) is 21.2. The lowest BCUT2D eigenvalue weighted by atomic mass is 9.90. The first-order chi connectivity index (χ1) is 29.4. The highest BCUT2D eigenvalue weighted by atomic mass is 16.6. The third-order valence-corrected chi connectivity index (χ3v) is 12.2. The summed E-state index contributed by atoms with van der Waals surface area (Å²) in [6, 6.07) is 16.0. The second kappa shape index (κ2) is 16.3. The molecule has 2 aromatic heterocycles. The van der Waals surface area contributed by atoms with E-state index in [1.165, 1.54) is 0 Å². The van der Waals surface area contributed by atoms with E-state index in [4.69, 9.17) is 14.5 Å². The van der Waals surface area contributed by atoms with Crippen LogP contribution in [0.3, 0.4) is 0 Å². The van der Waals surface area contributed by atoms with Crippen molar-refractivity contribution in [3.05, 3.63) is 88.9 Å². The third kappa shape index (κ3) is 8.41. The van der Waals surface area contributed by atoms with Gasteiger partial charge in [0.05, 0.1) is 36.6 Å². The number of amides is 4. The molecule has 16 nitrogen and oxygen atoms in total. The number of hydrogen-bond acceptors (Lipinski definition) is 13. The molecule has 7 heterocycles. The smallest absolute Gasteiger partial charge is 0.415 e. The number of carbonyl (C=O) groups excluding carboxylic acids is 4.